The number of halogens is 1. The number of hydrogen-bond acceptors (Lipinski definition) is 4. The van der Waals surface area contributed by atoms with Crippen molar-refractivity contribution in [2.45, 2.75) is 25.0 Å². The molecule has 0 saturated carbocycles. The molecule has 3 saturated heterocycles. The number of methoxy groups -OCH3 is 1. The van der Waals surface area contributed by atoms with Crippen molar-refractivity contribution < 1.29 is 19.1 Å². The Kier molecular flexibility index (Phi) is 6.32. The second-order valence-electron chi connectivity index (χ2n) is 9.69. The van der Waals surface area contributed by atoms with Gasteiger partial charge in [-0.1, -0.05) is 34.1 Å². The van der Waals surface area contributed by atoms with Gasteiger partial charge in [-0.2, -0.15) is 0 Å². The maximum Gasteiger partial charge on any atom is 0.216 e. The van der Waals surface area contributed by atoms with Crippen LogP contribution in [0.25, 0.3) is 10.9 Å². The number of pyridine rings is 1. The van der Waals surface area contributed by atoms with Crippen molar-refractivity contribution >= 4 is 32.6 Å². The first-order chi connectivity index (χ1) is 16.4. The highest BCUT2D eigenvalue weighted by molar-refractivity contribution is 9.10. The Labute approximate surface area is 208 Å². The van der Waals surface area contributed by atoms with Gasteiger partial charge < -0.3 is 14.3 Å². The summed E-state index contributed by atoms with van der Waals surface area (Å²) in [4.78, 5) is 17.9. The SMILES string of the molecule is C=CC1C[N+]2(CC(=O)c3ccc(Br)cc3)CCC1CC2[C@H](O)c1ccnc2ccc(OC)cc12. The molecule has 3 fully saturated rings. The lowest BCUT2D eigenvalue weighted by Crippen LogP contribution is -2.69. The molecule has 34 heavy (non-hydrogen) atoms. The van der Waals surface area contributed by atoms with E-state index in [4.69, 9.17) is 4.74 Å². The molecule has 5 nitrogen and oxygen atoms in total. The molecule has 3 aromatic rings. The number of aliphatic hydroxyl groups excluding tert-OH is 1. The monoisotopic (exact) mass is 521 g/mol. The molecule has 5 atom stereocenters. The molecule has 6 rings (SSSR count). The normalized spacial score (nSPS) is 26.9. The largest absolute Gasteiger partial charge is 0.497 e. The average molecular weight is 522 g/mol. The van der Waals surface area contributed by atoms with Crippen LogP contribution in [0.5, 0.6) is 5.75 Å². The van der Waals surface area contributed by atoms with Crippen molar-refractivity contribution in [3.8, 4) is 5.75 Å². The number of aliphatic hydroxyl groups is 1. The van der Waals surface area contributed by atoms with Crippen LogP contribution in [0.2, 0.25) is 0 Å². The van der Waals surface area contributed by atoms with E-state index in [9.17, 15) is 9.90 Å². The molecular weight excluding hydrogens is 492 g/mol. The van der Waals surface area contributed by atoms with E-state index in [1.165, 1.54) is 0 Å². The number of carbonyl (C=O) groups excluding carboxylic acids is 1. The summed E-state index contributed by atoms with van der Waals surface area (Å²) in [6, 6.07) is 15.2. The maximum atomic E-state index is 13.4. The summed E-state index contributed by atoms with van der Waals surface area (Å²) in [6.07, 6.45) is 5.03. The van der Waals surface area contributed by atoms with E-state index < -0.39 is 6.10 Å². The van der Waals surface area contributed by atoms with Gasteiger partial charge in [-0.05, 0) is 47.9 Å². The van der Waals surface area contributed by atoms with E-state index in [0.29, 0.717) is 28.4 Å². The quantitative estimate of drug-likeness (QED) is 0.259. The molecule has 176 valence electrons. The van der Waals surface area contributed by atoms with E-state index in [-0.39, 0.29) is 11.8 Å². The number of ketones is 1. The zero-order valence-electron chi connectivity index (χ0n) is 19.4. The number of piperidine rings is 3. The zero-order valence-corrected chi connectivity index (χ0v) is 20.9. The van der Waals surface area contributed by atoms with Crippen molar-refractivity contribution in [1.82, 2.24) is 4.98 Å². The van der Waals surface area contributed by atoms with Gasteiger partial charge >= 0.3 is 0 Å². The van der Waals surface area contributed by atoms with Crippen LogP contribution < -0.4 is 4.74 Å². The number of nitrogens with zero attached hydrogens (tertiary/aromatic N) is 2. The summed E-state index contributed by atoms with van der Waals surface area (Å²) < 4.78 is 6.99. The van der Waals surface area contributed by atoms with Crippen molar-refractivity contribution in [2.75, 3.05) is 26.7 Å². The van der Waals surface area contributed by atoms with Gasteiger partial charge in [0.1, 0.15) is 24.4 Å². The van der Waals surface area contributed by atoms with Crippen molar-refractivity contribution in [3.63, 3.8) is 0 Å². The number of aromatic nitrogens is 1. The van der Waals surface area contributed by atoms with E-state index in [2.05, 4.69) is 33.6 Å². The minimum Gasteiger partial charge on any atom is -0.497 e. The Morgan fingerprint density at radius 3 is 2.82 bits per heavy atom. The van der Waals surface area contributed by atoms with Gasteiger partial charge in [0.05, 0.1) is 25.7 Å². The summed E-state index contributed by atoms with van der Waals surface area (Å²) in [6.45, 7) is 6.20. The molecule has 1 N–H and O–H groups in total. The van der Waals surface area contributed by atoms with Crippen LogP contribution in [0, 0.1) is 11.8 Å². The average Bonchev–Trinajstić information content (AvgIpc) is 2.87. The number of hydrogen-bond donors (Lipinski definition) is 1. The first-order valence-electron chi connectivity index (χ1n) is 11.8. The highest BCUT2D eigenvalue weighted by atomic mass is 79.9. The fraction of sp³-hybridized carbons (Fsp3) is 0.357. The van der Waals surface area contributed by atoms with Crippen molar-refractivity contribution in [1.29, 1.82) is 0 Å². The minimum absolute atomic E-state index is 0.0638. The Hall–Kier alpha value is -2.54. The van der Waals surface area contributed by atoms with Crippen molar-refractivity contribution in [3.05, 3.63) is 83.0 Å². The molecule has 2 bridgehead atoms. The predicted octanol–water partition coefficient (Wildman–Crippen LogP) is 5.33. The standard InChI is InChI=1S/C28H30BrN2O3/c1-3-18-16-31(17-27(32)19-4-6-21(29)7-5-19)13-11-20(18)14-26(31)28(33)23-10-12-30-25-9-8-22(34-2)15-24(23)25/h3-10,12,15,18,20,26,28,33H,1,11,13-14,16-17H2,2H3/q+1/t18?,20?,26?,28-,31?/m1/s1. The highest BCUT2D eigenvalue weighted by Gasteiger charge is 2.54. The van der Waals surface area contributed by atoms with Gasteiger partial charge in [-0.25, -0.2) is 0 Å². The van der Waals surface area contributed by atoms with Crippen molar-refractivity contribution in [2.24, 2.45) is 11.8 Å². The van der Waals surface area contributed by atoms with Gasteiger partial charge in [0.2, 0.25) is 5.78 Å². The third kappa shape index (κ3) is 4.08. The van der Waals surface area contributed by atoms with Crippen LogP contribution in [-0.2, 0) is 0 Å². The Morgan fingerprint density at radius 1 is 1.29 bits per heavy atom. The molecule has 0 amide bonds. The maximum absolute atomic E-state index is 13.4. The lowest BCUT2D eigenvalue weighted by Gasteiger charge is -2.57. The molecule has 4 unspecified atom stereocenters. The molecule has 3 aliphatic rings. The number of benzene rings is 2. The molecule has 0 spiro atoms. The van der Waals surface area contributed by atoms with E-state index in [1.807, 2.05) is 48.5 Å². The first kappa shape index (κ1) is 23.2. The van der Waals surface area contributed by atoms with Crippen LogP contribution in [-0.4, -0.2) is 53.1 Å². The number of Topliss-reactive ketones (excluding diaryl/α,β-unsaturated/α-hetero) is 1. The third-order valence-electron chi connectivity index (χ3n) is 7.97. The predicted molar refractivity (Wildman–Crippen MR) is 137 cm³/mol. The fourth-order valence-corrected chi connectivity index (χ4v) is 6.40. The van der Waals surface area contributed by atoms with E-state index in [0.717, 1.165) is 52.6 Å². The van der Waals surface area contributed by atoms with Gasteiger partial charge in [0.15, 0.2) is 0 Å². The van der Waals surface area contributed by atoms with Crippen LogP contribution >= 0.6 is 15.9 Å². The summed E-state index contributed by atoms with van der Waals surface area (Å²) in [7, 11) is 1.64. The summed E-state index contributed by atoms with van der Waals surface area (Å²) in [5.74, 6) is 1.71. The summed E-state index contributed by atoms with van der Waals surface area (Å²) in [5.41, 5.74) is 2.39. The Bertz CT molecular complexity index is 1230. The molecule has 0 aliphatic carbocycles. The molecule has 0 radical (unpaired) electrons. The second kappa shape index (κ2) is 9.25. The van der Waals surface area contributed by atoms with Crippen LogP contribution in [0.1, 0.15) is 34.9 Å². The van der Waals surface area contributed by atoms with Gasteiger partial charge in [-0.15, -0.1) is 6.58 Å². The third-order valence-corrected chi connectivity index (χ3v) is 8.49. The lowest BCUT2D eigenvalue weighted by atomic mass is 9.71. The molecule has 3 aliphatic heterocycles. The second-order valence-corrected chi connectivity index (χ2v) is 10.6. The summed E-state index contributed by atoms with van der Waals surface area (Å²) in [5, 5.41) is 12.7. The topological polar surface area (TPSA) is 59.4 Å². The number of carbonyl (C=O) groups is 1. The Morgan fingerprint density at radius 2 is 2.09 bits per heavy atom. The smallest absolute Gasteiger partial charge is 0.216 e. The Balaban J connectivity index is 1.53. The molecular formula is C28H30BrN2O3+. The molecule has 4 heterocycles. The number of ether oxygens (including phenoxy) is 1. The van der Waals surface area contributed by atoms with Gasteiger partial charge in [0, 0.05) is 40.4 Å². The van der Waals surface area contributed by atoms with E-state index >= 15 is 0 Å². The number of rotatable bonds is 7. The molecule has 2 aromatic carbocycles. The highest BCUT2D eigenvalue weighted by Crippen LogP contribution is 2.47. The first-order valence-corrected chi connectivity index (χ1v) is 12.6. The number of fused-ring (bicyclic) bond motifs is 4. The fourth-order valence-electron chi connectivity index (χ4n) is 6.13. The van der Waals surface area contributed by atoms with Gasteiger partial charge in [0.25, 0.3) is 0 Å². The van der Waals surface area contributed by atoms with Crippen LogP contribution in [0.3, 0.4) is 0 Å². The minimum atomic E-state index is -0.705. The molecule has 6 heteroatoms. The van der Waals surface area contributed by atoms with E-state index in [1.54, 1.807) is 13.3 Å². The van der Waals surface area contributed by atoms with Gasteiger partial charge in [-0.3, -0.25) is 9.78 Å². The van der Waals surface area contributed by atoms with Crippen LogP contribution in [0.15, 0.2) is 71.9 Å². The lowest BCUT2D eigenvalue weighted by molar-refractivity contribution is -0.966. The zero-order chi connectivity index (χ0) is 23.9. The van der Waals surface area contributed by atoms with Crippen LogP contribution in [0.4, 0.5) is 0 Å². The number of quaternary nitrogens is 1. The summed E-state index contributed by atoms with van der Waals surface area (Å²) >= 11 is 3.45. The molecule has 1 aromatic heterocycles.